The molecule has 3 nitrogen and oxygen atoms in total. The SMILES string of the molecule is O=C(c1cccc(F)c1)N1CCn2cccc2C1c1cccc(Cl)c1. The summed E-state index contributed by atoms with van der Waals surface area (Å²) in [6.07, 6.45) is 2.01. The molecule has 25 heavy (non-hydrogen) atoms. The Morgan fingerprint density at radius 2 is 1.88 bits per heavy atom. The van der Waals surface area contributed by atoms with Crippen molar-refractivity contribution < 1.29 is 9.18 Å². The van der Waals surface area contributed by atoms with Gasteiger partial charge < -0.3 is 9.47 Å². The molecular formula is C20H16ClFN2O. The number of carbonyl (C=O) groups excluding carboxylic acids is 1. The van der Waals surface area contributed by atoms with Crippen molar-refractivity contribution in [3.63, 3.8) is 0 Å². The molecular weight excluding hydrogens is 339 g/mol. The van der Waals surface area contributed by atoms with Crippen molar-refractivity contribution in [1.29, 1.82) is 0 Å². The first-order valence-corrected chi connectivity index (χ1v) is 8.48. The van der Waals surface area contributed by atoms with Gasteiger partial charge in [-0.1, -0.05) is 29.8 Å². The Balaban J connectivity index is 1.79. The third-order valence-electron chi connectivity index (χ3n) is 4.54. The predicted molar refractivity (Wildman–Crippen MR) is 95.2 cm³/mol. The van der Waals surface area contributed by atoms with Crippen LogP contribution in [-0.2, 0) is 6.54 Å². The summed E-state index contributed by atoms with van der Waals surface area (Å²) in [5, 5.41) is 0.624. The van der Waals surface area contributed by atoms with Crippen molar-refractivity contribution >= 4 is 17.5 Å². The molecule has 1 aliphatic heterocycles. The van der Waals surface area contributed by atoms with Crippen LogP contribution in [0.4, 0.5) is 4.39 Å². The van der Waals surface area contributed by atoms with E-state index in [0.29, 0.717) is 23.7 Å². The van der Waals surface area contributed by atoms with Crippen LogP contribution in [0.3, 0.4) is 0 Å². The number of hydrogen-bond acceptors (Lipinski definition) is 1. The first-order chi connectivity index (χ1) is 12.1. The third-order valence-corrected chi connectivity index (χ3v) is 4.77. The summed E-state index contributed by atoms with van der Waals surface area (Å²) >= 11 is 6.17. The molecule has 4 rings (SSSR count). The van der Waals surface area contributed by atoms with Crippen molar-refractivity contribution in [2.24, 2.45) is 0 Å². The second-order valence-corrected chi connectivity index (χ2v) is 6.53. The van der Waals surface area contributed by atoms with Gasteiger partial charge in [-0.05, 0) is 48.0 Å². The van der Waals surface area contributed by atoms with Gasteiger partial charge in [-0.15, -0.1) is 0 Å². The van der Waals surface area contributed by atoms with E-state index in [-0.39, 0.29) is 11.9 Å². The average Bonchev–Trinajstić information content (AvgIpc) is 3.09. The minimum absolute atomic E-state index is 0.183. The van der Waals surface area contributed by atoms with Gasteiger partial charge in [-0.2, -0.15) is 0 Å². The Morgan fingerprint density at radius 1 is 1.04 bits per heavy atom. The Morgan fingerprint density at radius 3 is 2.68 bits per heavy atom. The minimum Gasteiger partial charge on any atom is -0.348 e. The van der Waals surface area contributed by atoms with Crippen LogP contribution < -0.4 is 0 Å². The summed E-state index contributed by atoms with van der Waals surface area (Å²) < 4.78 is 15.7. The fourth-order valence-electron chi connectivity index (χ4n) is 3.42. The highest BCUT2D eigenvalue weighted by Crippen LogP contribution is 2.34. The van der Waals surface area contributed by atoms with Crippen LogP contribution in [0.2, 0.25) is 5.02 Å². The largest absolute Gasteiger partial charge is 0.348 e. The van der Waals surface area contributed by atoms with E-state index in [4.69, 9.17) is 11.6 Å². The van der Waals surface area contributed by atoms with E-state index < -0.39 is 5.82 Å². The van der Waals surface area contributed by atoms with Gasteiger partial charge >= 0.3 is 0 Å². The number of rotatable bonds is 2. The van der Waals surface area contributed by atoms with Crippen molar-refractivity contribution in [2.75, 3.05) is 6.54 Å². The Kier molecular flexibility index (Phi) is 4.06. The third kappa shape index (κ3) is 2.94. The summed E-state index contributed by atoms with van der Waals surface area (Å²) in [7, 11) is 0. The molecule has 1 aliphatic rings. The monoisotopic (exact) mass is 354 g/mol. The Labute approximate surface area is 150 Å². The van der Waals surface area contributed by atoms with Crippen LogP contribution in [-0.4, -0.2) is 21.9 Å². The van der Waals surface area contributed by atoms with E-state index >= 15 is 0 Å². The summed E-state index contributed by atoms with van der Waals surface area (Å²) in [6.45, 7) is 1.26. The predicted octanol–water partition coefficient (Wildman–Crippen LogP) is 4.53. The Bertz CT molecular complexity index is 937. The van der Waals surface area contributed by atoms with E-state index in [2.05, 4.69) is 4.57 Å². The highest BCUT2D eigenvalue weighted by molar-refractivity contribution is 6.30. The normalized spacial score (nSPS) is 16.6. The second kappa shape index (κ2) is 6.37. The standard InChI is InChI=1S/C20H16ClFN2O/c21-16-6-1-4-14(12-16)19-18-8-3-9-23(18)10-11-24(19)20(25)15-5-2-7-17(22)13-15/h1-9,12-13,19H,10-11H2. The second-order valence-electron chi connectivity index (χ2n) is 6.09. The maximum absolute atomic E-state index is 13.6. The van der Waals surface area contributed by atoms with E-state index in [1.165, 1.54) is 12.1 Å². The van der Waals surface area contributed by atoms with E-state index in [0.717, 1.165) is 11.3 Å². The summed E-state index contributed by atoms with van der Waals surface area (Å²) in [5.74, 6) is -0.595. The Hall–Kier alpha value is -2.59. The van der Waals surface area contributed by atoms with Gasteiger partial charge in [0.15, 0.2) is 0 Å². The summed E-state index contributed by atoms with van der Waals surface area (Å²) in [5.41, 5.74) is 2.32. The maximum atomic E-state index is 13.6. The van der Waals surface area contributed by atoms with Crippen LogP contribution in [0.25, 0.3) is 0 Å². The van der Waals surface area contributed by atoms with Gasteiger partial charge in [0.2, 0.25) is 0 Å². The molecule has 3 aromatic rings. The lowest BCUT2D eigenvalue weighted by molar-refractivity contribution is 0.0663. The topological polar surface area (TPSA) is 25.2 Å². The maximum Gasteiger partial charge on any atom is 0.254 e. The van der Waals surface area contributed by atoms with Crippen molar-refractivity contribution in [3.05, 3.63) is 94.5 Å². The van der Waals surface area contributed by atoms with Crippen LogP contribution in [0, 0.1) is 5.82 Å². The van der Waals surface area contributed by atoms with E-state index in [9.17, 15) is 9.18 Å². The lowest BCUT2D eigenvalue weighted by Gasteiger charge is -2.37. The minimum atomic E-state index is -0.412. The van der Waals surface area contributed by atoms with Crippen LogP contribution in [0.1, 0.15) is 27.7 Å². The quantitative estimate of drug-likeness (QED) is 0.664. The number of fused-ring (bicyclic) bond motifs is 1. The molecule has 0 saturated carbocycles. The molecule has 0 spiro atoms. The van der Waals surface area contributed by atoms with Gasteiger partial charge in [0.25, 0.3) is 5.91 Å². The average molecular weight is 355 g/mol. The number of nitrogens with zero attached hydrogens (tertiary/aromatic N) is 2. The molecule has 1 unspecified atom stereocenters. The molecule has 2 aromatic carbocycles. The van der Waals surface area contributed by atoms with Gasteiger partial charge in [0.05, 0.1) is 6.04 Å². The van der Waals surface area contributed by atoms with Crippen molar-refractivity contribution in [2.45, 2.75) is 12.6 Å². The zero-order chi connectivity index (χ0) is 17.4. The molecule has 0 N–H and O–H groups in total. The van der Waals surface area contributed by atoms with Gasteiger partial charge in [-0.25, -0.2) is 4.39 Å². The fourth-order valence-corrected chi connectivity index (χ4v) is 3.62. The zero-order valence-corrected chi connectivity index (χ0v) is 14.2. The van der Waals surface area contributed by atoms with E-state index in [1.807, 2.05) is 42.6 Å². The zero-order valence-electron chi connectivity index (χ0n) is 13.4. The fraction of sp³-hybridized carbons (Fsp3) is 0.150. The molecule has 5 heteroatoms. The number of halogens is 2. The number of hydrogen-bond donors (Lipinski definition) is 0. The van der Waals surface area contributed by atoms with Crippen molar-refractivity contribution in [1.82, 2.24) is 9.47 Å². The van der Waals surface area contributed by atoms with Gasteiger partial charge in [-0.3, -0.25) is 4.79 Å². The van der Waals surface area contributed by atoms with Crippen LogP contribution >= 0.6 is 11.6 Å². The molecule has 2 heterocycles. The molecule has 1 amide bonds. The number of amides is 1. The van der Waals surface area contributed by atoms with Crippen LogP contribution in [0.15, 0.2) is 66.9 Å². The summed E-state index contributed by atoms with van der Waals surface area (Å²) in [4.78, 5) is 14.9. The molecule has 0 bridgehead atoms. The lowest BCUT2D eigenvalue weighted by Crippen LogP contribution is -2.42. The highest BCUT2D eigenvalue weighted by Gasteiger charge is 2.32. The van der Waals surface area contributed by atoms with E-state index in [1.54, 1.807) is 17.0 Å². The highest BCUT2D eigenvalue weighted by atomic mass is 35.5. The summed E-state index contributed by atoms with van der Waals surface area (Å²) in [6, 6.07) is 17.1. The molecule has 1 atom stereocenters. The molecule has 0 saturated heterocycles. The van der Waals surface area contributed by atoms with Crippen LogP contribution in [0.5, 0.6) is 0 Å². The molecule has 0 aliphatic carbocycles. The van der Waals surface area contributed by atoms with Gasteiger partial charge in [0, 0.05) is 35.6 Å². The first kappa shape index (κ1) is 15.9. The number of benzene rings is 2. The smallest absolute Gasteiger partial charge is 0.254 e. The molecule has 1 aromatic heterocycles. The van der Waals surface area contributed by atoms with Gasteiger partial charge in [0.1, 0.15) is 5.82 Å². The molecule has 0 fully saturated rings. The molecule has 126 valence electrons. The van der Waals surface area contributed by atoms with Crippen molar-refractivity contribution in [3.8, 4) is 0 Å². The lowest BCUT2D eigenvalue weighted by atomic mass is 9.99. The number of aromatic nitrogens is 1. The number of carbonyl (C=O) groups is 1. The molecule has 0 radical (unpaired) electrons. The first-order valence-electron chi connectivity index (χ1n) is 8.10.